The number of hydrogen-bond donors (Lipinski definition) is 0. The van der Waals surface area contributed by atoms with Crippen molar-refractivity contribution in [3.63, 3.8) is 0 Å². The van der Waals surface area contributed by atoms with Crippen molar-refractivity contribution in [3.05, 3.63) is 96.1 Å². The van der Waals surface area contributed by atoms with Gasteiger partial charge in [-0.3, -0.25) is 0 Å². The predicted octanol–water partition coefficient (Wildman–Crippen LogP) is 4.87. The molecule has 3 aromatic rings. The summed E-state index contributed by atoms with van der Waals surface area (Å²) >= 11 is 0. The first-order valence-corrected chi connectivity index (χ1v) is 8.92. The Morgan fingerprint density at radius 3 is 1.81 bits per heavy atom. The van der Waals surface area contributed by atoms with Crippen LogP contribution in [0.2, 0.25) is 0 Å². The van der Waals surface area contributed by atoms with Gasteiger partial charge in [0.1, 0.15) is 11.6 Å². The average Bonchev–Trinajstić information content (AvgIpc) is 3.55. The van der Waals surface area contributed by atoms with E-state index >= 15 is 0 Å². The van der Waals surface area contributed by atoms with Crippen LogP contribution in [0.3, 0.4) is 0 Å². The molecule has 0 atom stereocenters. The maximum Gasteiger partial charge on any atom is 0.119 e. The molecule has 0 aromatic heterocycles. The summed E-state index contributed by atoms with van der Waals surface area (Å²) in [6.45, 7) is 2.12. The van der Waals surface area contributed by atoms with Crippen LogP contribution >= 0.6 is 0 Å². The van der Waals surface area contributed by atoms with Gasteiger partial charge in [-0.15, -0.1) is 0 Å². The fourth-order valence-electron chi connectivity index (χ4n) is 3.17. The van der Waals surface area contributed by atoms with E-state index in [2.05, 4.69) is 65.6 Å². The van der Waals surface area contributed by atoms with Crippen LogP contribution in [0.25, 0.3) is 0 Å². The van der Waals surface area contributed by atoms with Crippen LogP contribution < -0.4 is 4.74 Å². The largest absolute Gasteiger partial charge is 0.497 e. The highest BCUT2D eigenvalue weighted by molar-refractivity contribution is 5.95. The van der Waals surface area contributed by atoms with Crippen LogP contribution in [0.15, 0.2) is 89.9 Å². The van der Waals surface area contributed by atoms with Crippen molar-refractivity contribution in [2.24, 2.45) is 4.99 Å². The SMILES string of the molecule is COc1ccc(N=C(C(c2ccccc2)c2ccccc2)N2CC2)cc1. The standard InChI is InChI=1S/C23H22N2O/c1-26-21-14-12-20(13-15-21)24-23(25-16-17-25)22(18-8-4-2-5-9-18)19-10-6-3-7-11-19/h2-15,22H,16-17H2,1H3. The van der Waals surface area contributed by atoms with Gasteiger partial charge in [-0.2, -0.15) is 0 Å². The quantitative estimate of drug-likeness (QED) is 0.375. The second-order valence-corrected chi connectivity index (χ2v) is 6.41. The van der Waals surface area contributed by atoms with E-state index in [0.717, 1.165) is 30.4 Å². The zero-order valence-corrected chi connectivity index (χ0v) is 14.9. The summed E-state index contributed by atoms with van der Waals surface area (Å²) in [6.07, 6.45) is 0. The van der Waals surface area contributed by atoms with E-state index in [9.17, 15) is 0 Å². The lowest BCUT2D eigenvalue weighted by molar-refractivity contribution is 0.415. The van der Waals surface area contributed by atoms with Gasteiger partial charge >= 0.3 is 0 Å². The van der Waals surface area contributed by atoms with E-state index in [1.54, 1.807) is 7.11 Å². The Balaban J connectivity index is 1.79. The van der Waals surface area contributed by atoms with Gasteiger partial charge in [0.2, 0.25) is 0 Å². The fourth-order valence-corrected chi connectivity index (χ4v) is 3.17. The molecule has 130 valence electrons. The molecule has 0 aliphatic carbocycles. The molecule has 0 bridgehead atoms. The molecule has 0 saturated carbocycles. The lowest BCUT2D eigenvalue weighted by Gasteiger charge is -2.22. The number of hydrogen-bond acceptors (Lipinski definition) is 2. The van der Waals surface area contributed by atoms with Crippen molar-refractivity contribution in [1.82, 2.24) is 4.90 Å². The van der Waals surface area contributed by atoms with Crippen LogP contribution in [0.4, 0.5) is 5.69 Å². The molecule has 0 unspecified atom stereocenters. The highest BCUT2D eigenvalue weighted by atomic mass is 16.5. The van der Waals surface area contributed by atoms with E-state index in [1.807, 2.05) is 24.3 Å². The minimum atomic E-state index is 0.127. The highest BCUT2D eigenvalue weighted by Crippen LogP contribution is 2.32. The molecule has 3 nitrogen and oxygen atoms in total. The minimum Gasteiger partial charge on any atom is -0.497 e. The molecule has 3 heteroatoms. The summed E-state index contributed by atoms with van der Waals surface area (Å²) < 4.78 is 5.26. The normalized spacial score (nSPS) is 13.8. The van der Waals surface area contributed by atoms with E-state index in [1.165, 1.54) is 11.1 Å². The van der Waals surface area contributed by atoms with Gasteiger partial charge in [0, 0.05) is 13.1 Å². The van der Waals surface area contributed by atoms with Crippen molar-refractivity contribution in [2.75, 3.05) is 20.2 Å². The second kappa shape index (κ2) is 7.44. The highest BCUT2D eigenvalue weighted by Gasteiger charge is 2.31. The van der Waals surface area contributed by atoms with Crippen LogP contribution in [-0.4, -0.2) is 30.9 Å². The van der Waals surface area contributed by atoms with Crippen molar-refractivity contribution in [3.8, 4) is 5.75 Å². The van der Waals surface area contributed by atoms with Crippen molar-refractivity contribution in [2.45, 2.75) is 5.92 Å². The van der Waals surface area contributed by atoms with Gasteiger partial charge in [0.15, 0.2) is 0 Å². The molecule has 26 heavy (non-hydrogen) atoms. The van der Waals surface area contributed by atoms with Crippen LogP contribution in [-0.2, 0) is 0 Å². The number of aliphatic imine (C=N–C) groups is 1. The molecule has 0 spiro atoms. The first-order valence-electron chi connectivity index (χ1n) is 8.92. The second-order valence-electron chi connectivity index (χ2n) is 6.41. The number of nitrogens with zero attached hydrogens (tertiary/aromatic N) is 2. The van der Waals surface area contributed by atoms with Crippen molar-refractivity contribution >= 4 is 11.5 Å². The Morgan fingerprint density at radius 1 is 0.808 bits per heavy atom. The summed E-state index contributed by atoms with van der Waals surface area (Å²) in [5, 5.41) is 0. The summed E-state index contributed by atoms with van der Waals surface area (Å²) in [7, 11) is 1.68. The third-order valence-corrected chi connectivity index (χ3v) is 4.61. The van der Waals surface area contributed by atoms with Gasteiger partial charge in [-0.1, -0.05) is 60.7 Å². The molecule has 3 aromatic carbocycles. The molecule has 4 rings (SSSR count). The Hall–Kier alpha value is -3.07. The van der Waals surface area contributed by atoms with Crippen LogP contribution in [0.5, 0.6) is 5.75 Å². The lowest BCUT2D eigenvalue weighted by atomic mass is 9.90. The summed E-state index contributed by atoms with van der Waals surface area (Å²) in [6, 6.07) is 29.2. The van der Waals surface area contributed by atoms with Gasteiger partial charge < -0.3 is 9.64 Å². The molecular formula is C23H22N2O. The third-order valence-electron chi connectivity index (χ3n) is 4.61. The van der Waals surface area contributed by atoms with E-state index in [-0.39, 0.29) is 5.92 Å². The lowest BCUT2D eigenvalue weighted by Crippen LogP contribution is -2.22. The number of amidine groups is 1. The number of methoxy groups -OCH3 is 1. The molecular weight excluding hydrogens is 320 g/mol. The number of rotatable bonds is 5. The average molecular weight is 342 g/mol. The maximum atomic E-state index is 5.26. The van der Waals surface area contributed by atoms with Gasteiger partial charge in [0.25, 0.3) is 0 Å². The fraction of sp³-hybridized carbons (Fsp3) is 0.174. The third kappa shape index (κ3) is 3.62. The molecule has 0 radical (unpaired) electrons. The molecule has 0 N–H and O–H groups in total. The van der Waals surface area contributed by atoms with E-state index in [0.29, 0.717) is 0 Å². The van der Waals surface area contributed by atoms with Crippen LogP contribution in [0, 0.1) is 0 Å². The first kappa shape index (κ1) is 16.4. The van der Waals surface area contributed by atoms with Crippen LogP contribution in [0.1, 0.15) is 17.0 Å². The van der Waals surface area contributed by atoms with Crippen molar-refractivity contribution in [1.29, 1.82) is 0 Å². The monoisotopic (exact) mass is 342 g/mol. The predicted molar refractivity (Wildman–Crippen MR) is 106 cm³/mol. The molecule has 1 fully saturated rings. The smallest absolute Gasteiger partial charge is 0.119 e. The Bertz CT molecular complexity index is 830. The number of benzene rings is 3. The zero-order chi connectivity index (χ0) is 17.8. The molecule has 1 aliphatic heterocycles. The Kier molecular flexibility index (Phi) is 4.69. The molecule has 1 saturated heterocycles. The van der Waals surface area contributed by atoms with E-state index < -0.39 is 0 Å². The van der Waals surface area contributed by atoms with Gasteiger partial charge in [0.05, 0.1) is 18.7 Å². The van der Waals surface area contributed by atoms with Gasteiger partial charge in [-0.25, -0.2) is 4.99 Å². The molecule has 0 amide bonds. The first-order chi connectivity index (χ1) is 12.8. The van der Waals surface area contributed by atoms with Gasteiger partial charge in [-0.05, 0) is 35.4 Å². The summed E-state index contributed by atoms with van der Waals surface area (Å²) in [4.78, 5) is 7.38. The maximum absolute atomic E-state index is 5.26. The Labute approximate surface area is 154 Å². The van der Waals surface area contributed by atoms with E-state index in [4.69, 9.17) is 9.73 Å². The molecule has 1 aliphatic rings. The zero-order valence-electron chi connectivity index (χ0n) is 14.9. The van der Waals surface area contributed by atoms with Crippen molar-refractivity contribution < 1.29 is 4.74 Å². The summed E-state index contributed by atoms with van der Waals surface area (Å²) in [5.41, 5.74) is 3.47. The molecule has 1 heterocycles. The summed E-state index contributed by atoms with van der Waals surface area (Å²) in [5.74, 6) is 2.08. The minimum absolute atomic E-state index is 0.127. The Morgan fingerprint density at radius 2 is 1.35 bits per heavy atom. The number of ether oxygens (including phenoxy) is 1. The topological polar surface area (TPSA) is 24.6 Å².